The summed E-state index contributed by atoms with van der Waals surface area (Å²) in [6.45, 7) is 12.0. The van der Waals surface area contributed by atoms with Crippen LogP contribution in [0.3, 0.4) is 0 Å². The summed E-state index contributed by atoms with van der Waals surface area (Å²) in [5.74, 6) is 0. The minimum absolute atomic E-state index is 0.182. The normalized spacial score (nSPS) is 13.6. The molecule has 1 aromatic rings. The van der Waals surface area contributed by atoms with Crippen molar-refractivity contribution < 1.29 is 4.43 Å². The van der Waals surface area contributed by atoms with E-state index in [2.05, 4.69) is 60.1 Å². The van der Waals surface area contributed by atoms with Gasteiger partial charge in [-0.15, -0.1) is 0 Å². The van der Waals surface area contributed by atoms with Crippen LogP contribution in [-0.4, -0.2) is 26.7 Å². The molecule has 0 aromatic carbocycles. The number of rotatable bonds is 6. The van der Waals surface area contributed by atoms with Gasteiger partial charge < -0.3 is 9.74 Å². The van der Waals surface area contributed by atoms with Crippen molar-refractivity contribution in [3.63, 3.8) is 0 Å². The average Bonchev–Trinajstić information content (AvgIpc) is 2.28. The molecule has 0 saturated carbocycles. The first-order chi connectivity index (χ1) is 8.79. The molecule has 0 bridgehead atoms. The number of pyridine rings is 1. The van der Waals surface area contributed by atoms with Crippen molar-refractivity contribution in [1.82, 2.24) is 4.98 Å². The molecular formula is C14H24BrN2OSi. The Kier molecular flexibility index (Phi) is 6.49. The molecule has 0 aliphatic carbocycles. The summed E-state index contributed by atoms with van der Waals surface area (Å²) in [7, 11) is -0.662. The predicted molar refractivity (Wildman–Crippen MR) is 86.9 cm³/mol. The molecule has 0 amide bonds. The van der Waals surface area contributed by atoms with Gasteiger partial charge in [-0.05, 0) is 53.0 Å². The Labute approximate surface area is 127 Å². The second-order valence-corrected chi connectivity index (χ2v) is 8.83. The third kappa shape index (κ3) is 6.54. The fourth-order valence-electron chi connectivity index (χ4n) is 1.78. The fraction of sp³-hybridized carbons (Fsp3) is 0.643. The van der Waals surface area contributed by atoms with E-state index in [1.165, 1.54) is 0 Å². The SMILES string of the molecule is C[Si](C)OC(CCNc1ccc(Br)nc1)C(C)(C)C. The predicted octanol–water partition coefficient (Wildman–Crippen LogP) is 4.33. The molecule has 0 saturated heterocycles. The highest BCUT2D eigenvalue weighted by Gasteiger charge is 2.25. The highest BCUT2D eigenvalue weighted by molar-refractivity contribution is 9.10. The van der Waals surface area contributed by atoms with Crippen LogP contribution in [0.4, 0.5) is 5.69 Å². The maximum absolute atomic E-state index is 6.11. The lowest BCUT2D eigenvalue weighted by molar-refractivity contribution is 0.0817. The van der Waals surface area contributed by atoms with E-state index < -0.39 is 9.04 Å². The largest absolute Gasteiger partial charge is 0.414 e. The van der Waals surface area contributed by atoms with Crippen LogP contribution in [0.5, 0.6) is 0 Å². The lowest BCUT2D eigenvalue weighted by atomic mass is 9.87. The molecule has 19 heavy (non-hydrogen) atoms. The minimum atomic E-state index is -0.662. The molecule has 1 N–H and O–H groups in total. The summed E-state index contributed by atoms with van der Waals surface area (Å²) < 4.78 is 6.97. The van der Waals surface area contributed by atoms with Crippen molar-refractivity contribution in [1.29, 1.82) is 0 Å². The molecule has 0 fully saturated rings. The third-order valence-corrected chi connectivity index (χ3v) is 4.03. The van der Waals surface area contributed by atoms with E-state index in [1.807, 2.05) is 18.3 Å². The topological polar surface area (TPSA) is 34.1 Å². The van der Waals surface area contributed by atoms with Crippen molar-refractivity contribution in [3.8, 4) is 0 Å². The van der Waals surface area contributed by atoms with Crippen LogP contribution in [0.1, 0.15) is 27.2 Å². The van der Waals surface area contributed by atoms with Gasteiger partial charge in [-0.3, -0.25) is 0 Å². The number of hydrogen-bond donors (Lipinski definition) is 1. The first-order valence-corrected chi connectivity index (χ1v) is 9.81. The Morgan fingerprint density at radius 1 is 1.37 bits per heavy atom. The number of aromatic nitrogens is 1. The number of hydrogen-bond acceptors (Lipinski definition) is 3. The maximum atomic E-state index is 6.11. The second kappa shape index (κ2) is 7.41. The number of halogens is 1. The van der Waals surface area contributed by atoms with E-state index in [-0.39, 0.29) is 5.41 Å². The lowest BCUT2D eigenvalue weighted by Crippen LogP contribution is -2.34. The monoisotopic (exact) mass is 343 g/mol. The van der Waals surface area contributed by atoms with Gasteiger partial charge in [-0.1, -0.05) is 20.8 Å². The zero-order chi connectivity index (χ0) is 14.5. The highest BCUT2D eigenvalue weighted by Crippen LogP contribution is 2.25. The molecule has 0 aliphatic rings. The lowest BCUT2D eigenvalue weighted by Gasteiger charge is -2.32. The molecule has 1 rings (SSSR count). The zero-order valence-electron chi connectivity index (χ0n) is 12.5. The van der Waals surface area contributed by atoms with Gasteiger partial charge in [0, 0.05) is 6.54 Å². The third-order valence-electron chi connectivity index (χ3n) is 2.81. The maximum Gasteiger partial charge on any atom is 0.205 e. The van der Waals surface area contributed by atoms with E-state index in [9.17, 15) is 0 Å². The molecule has 1 heterocycles. The second-order valence-electron chi connectivity index (χ2n) is 5.97. The number of nitrogens with zero attached hydrogens (tertiary/aromatic N) is 1. The quantitative estimate of drug-likeness (QED) is 0.616. The minimum Gasteiger partial charge on any atom is -0.414 e. The van der Waals surface area contributed by atoms with E-state index in [4.69, 9.17) is 4.43 Å². The van der Waals surface area contributed by atoms with E-state index >= 15 is 0 Å². The highest BCUT2D eigenvalue weighted by atomic mass is 79.9. The van der Waals surface area contributed by atoms with E-state index in [0.717, 1.165) is 23.3 Å². The molecule has 1 aromatic heterocycles. The Morgan fingerprint density at radius 2 is 2.05 bits per heavy atom. The summed E-state index contributed by atoms with van der Waals surface area (Å²) in [6.07, 6.45) is 3.15. The van der Waals surface area contributed by atoms with Crippen LogP contribution in [0, 0.1) is 5.41 Å². The van der Waals surface area contributed by atoms with E-state index in [1.54, 1.807) is 0 Å². The fourth-order valence-corrected chi connectivity index (χ4v) is 3.06. The van der Waals surface area contributed by atoms with Crippen LogP contribution in [0.2, 0.25) is 13.1 Å². The van der Waals surface area contributed by atoms with Crippen LogP contribution in [-0.2, 0) is 4.43 Å². The van der Waals surface area contributed by atoms with Gasteiger partial charge in [0.25, 0.3) is 0 Å². The van der Waals surface area contributed by atoms with Gasteiger partial charge in [0.1, 0.15) is 4.60 Å². The van der Waals surface area contributed by atoms with E-state index in [0.29, 0.717) is 6.10 Å². The van der Waals surface area contributed by atoms with Crippen molar-refractivity contribution in [2.75, 3.05) is 11.9 Å². The standard InChI is InChI=1S/C14H24BrN2OSi/c1-14(2,3)12(18-19(4)5)8-9-16-11-6-7-13(15)17-10-11/h6-7,10,12,16H,8-9H2,1-5H3. The van der Waals surface area contributed by atoms with Gasteiger partial charge in [0.2, 0.25) is 9.04 Å². The first kappa shape index (κ1) is 16.7. The summed E-state index contributed by atoms with van der Waals surface area (Å²) in [6, 6.07) is 3.97. The number of nitrogens with one attached hydrogen (secondary N) is 1. The van der Waals surface area contributed by atoms with Crippen molar-refractivity contribution >= 4 is 30.7 Å². The van der Waals surface area contributed by atoms with Gasteiger partial charge in [-0.25, -0.2) is 4.98 Å². The van der Waals surface area contributed by atoms with Gasteiger partial charge in [0.05, 0.1) is 18.0 Å². The number of anilines is 1. The summed E-state index contributed by atoms with van der Waals surface area (Å²) in [5, 5.41) is 3.40. The Bertz CT molecular complexity index is 376. The Hall–Kier alpha value is -0.393. The van der Waals surface area contributed by atoms with Gasteiger partial charge >= 0.3 is 0 Å². The Balaban J connectivity index is 2.46. The van der Waals surface area contributed by atoms with Gasteiger partial charge in [0.15, 0.2) is 0 Å². The molecule has 1 atom stereocenters. The summed E-state index contributed by atoms with van der Waals surface area (Å²) in [5.41, 5.74) is 1.23. The molecule has 1 radical (unpaired) electrons. The smallest absolute Gasteiger partial charge is 0.205 e. The zero-order valence-corrected chi connectivity index (χ0v) is 15.0. The molecule has 0 spiro atoms. The molecule has 5 heteroatoms. The van der Waals surface area contributed by atoms with Crippen molar-refractivity contribution in [2.45, 2.75) is 46.4 Å². The molecular weight excluding hydrogens is 320 g/mol. The van der Waals surface area contributed by atoms with Crippen LogP contribution in [0.15, 0.2) is 22.9 Å². The van der Waals surface area contributed by atoms with Crippen molar-refractivity contribution in [3.05, 3.63) is 22.9 Å². The average molecular weight is 344 g/mol. The van der Waals surface area contributed by atoms with Crippen LogP contribution < -0.4 is 5.32 Å². The summed E-state index contributed by atoms with van der Waals surface area (Å²) in [4.78, 5) is 4.20. The Morgan fingerprint density at radius 3 is 2.53 bits per heavy atom. The first-order valence-electron chi connectivity index (χ1n) is 6.61. The van der Waals surface area contributed by atoms with Crippen LogP contribution in [0.25, 0.3) is 0 Å². The van der Waals surface area contributed by atoms with Gasteiger partial charge in [-0.2, -0.15) is 0 Å². The summed E-state index contributed by atoms with van der Waals surface area (Å²) >= 11 is 3.33. The molecule has 3 nitrogen and oxygen atoms in total. The molecule has 1 unspecified atom stereocenters. The van der Waals surface area contributed by atoms with Crippen molar-refractivity contribution in [2.24, 2.45) is 5.41 Å². The molecule has 0 aliphatic heterocycles. The van der Waals surface area contributed by atoms with Crippen LogP contribution >= 0.6 is 15.9 Å². The molecule has 107 valence electrons.